The monoisotopic (exact) mass is 378 g/mol. The van der Waals surface area contributed by atoms with E-state index in [0.29, 0.717) is 0 Å². The van der Waals surface area contributed by atoms with Crippen molar-refractivity contribution in [3.8, 4) is 33.9 Å². The van der Waals surface area contributed by atoms with Crippen LogP contribution in [0.4, 0.5) is 0 Å². The minimum absolute atomic E-state index is 0.723. The van der Waals surface area contributed by atoms with Gasteiger partial charge in [-0.1, -0.05) is 12.1 Å². The number of furan rings is 1. The van der Waals surface area contributed by atoms with Crippen molar-refractivity contribution < 1.29 is 4.42 Å². The summed E-state index contributed by atoms with van der Waals surface area (Å²) in [6.07, 6.45) is 8.44. The van der Waals surface area contributed by atoms with Crippen LogP contribution in [0.3, 0.4) is 0 Å². The molecule has 5 heterocycles. The van der Waals surface area contributed by atoms with Crippen LogP contribution in [0.1, 0.15) is 0 Å². The second kappa shape index (κ2) is 6.13. The van der Waals surface area contributed by atoms with Gasteiger partial charge in [-0.05, 0) is 35.9 Å². The lowest BCUT2D eigenvalue weighted by Gasteiger charge is -1.99. The normalized spacial score (nSPS) is 11.4. The van der Waals surface area contributed by atoms with Gasteiger partial charge in [-0.2, -0.15) is 5.10 Å². The number of H-pyrrole nitrogens is 2. The Morgan fingerprint density at radius 1 is 0.931 bits per heavy atom. The zero-order chi connectivity index (χ0) is 19.2. The van der Waals surface area contributed by atoms with Gasteiger partial charge in [0, 0.05) is 28.9 Å². The molecule has 0 spiro atoms. The molecule has 6 rings (SSSR count). The topological polar surface area (TPSA) is 96.3 Å². The highest BCUT2D eigenvalue weighted by Gasteiger charge is 2.15. The van der Waals surface area contributed by atoms with Gasteiger partial charge in [0.25, 0.3) is 0 Å². The molecule has 1 aromatic carbocycles. The summed E-state index contributed by atoms with van der Waals surface area (Å²) in [4.78, 5) is 16.7. The van der Waals surface area contributed by atoms with Gasteiger partial charge in [0.05, 0.1) is 35.6 Å². The van der Waals surface area contributed by atoms with E-state index in [1.165, 1.54) is 0 Å². The molecule has 2 N–H and O–H groups in total. The van der Waals surface area contributed by atoms with Gasteiger partial charge in [-0.25, -0.2) is 4.98 Å². The van der Waals surface area contributed by atoms with Crippen LogP contribution in [0, 0.1) is 0 Å². The van der Waals surface area contributed by atoms with E-state index in [1.807, 2.05) is 24.3 Å². The SMILES string of the molecule is c1cc(-c2ccoc2)c2cc(-c3n[nH]c4ccc(-c5cnccn5)nc34)[nH]c2c1. The molecule has 0 unspecified atom stereocenters. The fraction of sp³-hybridized carbons (Fsp3) is 0. The maximum Gasteiger partial charge on any atom is 0.135 e. The zero-order valence-electron chi connectivity index (χ0n) is 15.1. The molecule has 29 heavy (non-hydrogen) atoms. The predicted octanol–water partition coefficient (Wildman–Crippen LogP) is 4.82. The van der Waals surface area contributed by atoms with Crippen LogP contribution in [-0.4, -0.2) is 30.1 Å². The Balaban J connectivity index is 1.53. The first kappa shape index (κ1) is 15.8. The summed E-state index contributed by atoms with van der Waals surface area (Å²) in [6.45, 7) is 0. The quantitative estimate of drug-likeness (QED) is 0.460. The molecule has 0 atom stereocenters. The first-order chi connectivity index (χ1) is 14.4. The maximum atomic E-state index is 5.26. The summed E-state index contributed by atoms with van der Waals surface area (Å²) >= 11 is 0. The minimum atomic E-state index is 0.723. The Labute approximate surface area is 164 Å². The molecule has 0 aliphatic carbocycles. The van der Waals surface area contributed by atoms with Crippen LogP contribution < -0.4 is 0 Å². The van der Waals surface area contributed by atoms with Gasteiger partial charge in [-0.15, -0.1) is 0 Å². The molecular weight excluding hydrogens is 364 g/mol. The van der Waals surface area contributed by atoms with E-state index in [1.54, 1.807) is 31.1 Å². The Morgan fingerprint density at radius 3 is 2.79 bits per heavy atom. The van der Waals surface area contributed by atoms with Crippen molar-refractivity contribution in [1.82, 2.24) is 30.1 Å². The molecule has 0 bridgehead atoms. The average Bonchev–Trinajstić information content (AvgIpc) is 3.52. The summed E-state index contributed by atoms with van der Waals surface area (Å²) in [5, 5.41) is 8.68. The number of nitrogens with one attached hydrogen (secondary N) is 2. The second-order valence-electron chi connectivity index (χ2n) is 6.72. The second-order valence-corrected chi connectivity index (χ2v) is 6.72. The molecule has 7 nitrogen and oxygen atoms in total. The third-order valence-corrected chi connectivity index (χ3v) is 4.98. The third kappa shape index (κ3) is 2.52. The fourth-order valence-electron chi connectivity index (χ4n) is 3.61. The summed E-state index contributed by atoms with van der Waals surface area (Å²) in [7, 11) is 0. The number of rotatable bonds is 3. The highest BCUT2D eigenvalue weighted by atomic mass is 16.3. The number of fused-ring (bicyclic) bond motifs is 2. The van der Waals surface area contributed by atoms with Crippen molar-refractivity contribution in [1.29, 1.82) is 0 Å². The Bertz CT molecular complexity index is 1450. The van der Waals surface area contributed by atoms with Crippen molar-refractivity contribution in [2.45, 2.75) is 0 Å². The molecule has 0 aliphatic rings. The third-order valence-electron chi connectivity index (χ3n) is 4.98. The number of pyridine rings is 1. The number of hydrogen-bond donors (Lipinski definition) is 2. The molecule has 6 aromatic rings. The lowest BCUT2D eigenvalue weighted by Crippen LogP contribution is -1.89. The van der Waals surface area contributed by atoms with Crippen LogP contribution in [0.5, 0.6) is 0 Å². The van der Waals surface area contributed by atoms with Gasteiger partial charge in [0.15, 0.2) is 0 Å². The Morgan fingerprint density at radius 2 is 1.93 bits per heavy atom. The molecule has 5 aromatic heterocycles. The number of aromatic nitrogens is 6. The number of hydrogen-bond acceptors (Lipinski definition) is 5. The van der Waals surface area contributed by atoms with Gasteiger partial charge in [0.1, 0.15) is 16.9 Å². The van der Waals surface area contributed by atoms with Gasteiger partial charge in [-0.3, -0.25) is 15.1 Å². The van der Waals surface area contributed by atoms with E-state index in [0.717, 1.165) is 55.8 Å². The van der Waals surface area contributed by atoms with Crippen molar-refractivity contribution in [3.63, 3.8) is 0 Å². The number of nitrogens with zero attached hydrogens (tertiary/aromatic N) is 4. The smallest absolute Gasteiger partial charge is 0.135 e. The number of aromatic amines is 2. The fourth-order valence-corrected chi connectivity index (χ4v) is 3.61. The van der Waals surface area contributed by atoms with E-state index < -0.39 is 0 Å². The molecule has 0 fully saturated rings. The standard InChI is InChI=1S/C22H14N6O/c1-2-14(13-6-9-29-12-13)15-10-19(25-16(15)3-1)22-21-18(27-28-22)5-4-17(26-21)20-11-23-7-8-24-20/h1-12,25H,(H,27,28). The zero-order valence-corrected chi connectivity index (χ0v) is 15.1. The Kier molecular flexibility index (Phi) is 3.33. The van der Waals surface area contributed by atoms with Gasteiger partial charge < -0.3 is 9.40 Å². The van der Waals surface area contributed by atoms with E-state index >= 15 is 0 Å². The summed E-state index contributed by atoms with van der Waals surface area (Å²) < 4.78 is 5.26. The molecule has 0 aliphatic heterocycles. The molecule has 0 radical (unpaired) electrons. The van der Waals surface area contributed by atoms with Crippen LogP contribution in [0.15, 0.2) is 78.0 Å². The largest absolute Gasteiger partial charge is 0.472 e. The summed E-state index contributed by atoms with van der Waals surface area (Å²) in [5.74, 6) is 0. The highest BCUT2D eigenvalue weighted by molar-refractivity contribution is 6.00. The molecule has 0 amide bonds. The maximum absolute atomic E-state index is 5.26. The predicted molar refractivity (Wildman–Crippen MR) is 110 cm³/mol. The first-order valence-corrected chi connectivity index (χ1v) is 9.13. The molecule has 7 heteroatoms. The van der Waals surface area contributed by atoms with Crippen LogP contribution >= 0.6 is 0 Å². The van der Waals surface area contributed by atoms with E-state index in [2.05, 4.69) is 43.3 Å². The van der Waals surface area contributed by atoms with E-state index in [9.17, 15) is 0 Å². The first-order valence-electron chi connectivity index (χ1n) is 9.13. The van der Waals surface area contributed by atoms with Crippen LogP contribution in [0.2, 0.25) is 0 Å². The minimum Gasteiger partial charge on any atom is -0.472 e. The Hall–Kier alpha value is -4.26. The molecule has 0 saturated heterocycles. The summed E-state index contributed by atoms with van der Waals surface area (Å²) in [6, 6.07) is 14.1. The van der Waals surface area contributed by atoms with E-state index in [4.69, 9.17) is 9.40 Å². The van der Waals surface area contributed by atoms with Crippen molar-refractivity contribution in [3.05, 3.63) is 73.6 Å². The van der Waals surface area contributed by atoms with Crippen molar-refractivity contribution in [2.24, 2.45) is 0 Å². The van der Waals surface area contributed by atoms with Gasteiger partial charge >= 0.3 is 0 Å². The summed E-state index contributed by atoms with van der Waals surface area (Å²) in [5.41, 5.74) is 7.95. The van der Waals surface area contributed by atoms with Crippen LogP contribution in [-0.2, 0) is 0 Å². The van der Waals surface area contributed by atoms with Crippen molar-refractivity contribution in [2.75, 3.05) is 0 Å². The highest BCUT2D eigenvalue weighted by Crippen LogP contribution is 2.34. The molecular formula is C22H14N6O. The molecule has 0 saturated carbocycles. The lowest BCUT2D eigenvalue weighted by atomic mass is 10.0. The van der Waals surface area contributed by atoms with E-state index in [-0.39, 0.29) is 0 Å². The van der Waals surface area contributed by atoms with Crippen LogP contribution in [0.25, 0.3) is 55.8 Å². The lowest BCUT2D eigenvalue weighted by molar-refractivity contribution is 0.568. The molecule has 138 valence electrons. The van der Waals surface area contributed by atoms with Gasteiger partial charge in [0.2, 0.25) is 0 Å². The van der Waals surface area contributed by atoms with Crippen molar-refractivity contribution >= 4 is 21.9 Å². The average molecular weight is 378 g/mol. The number of benzene rings is 1.